The molecule has 1 aliphatic carbocycles. The van der Waals surface area contributed by atoms with Gasteiger partial charge >= 0.3 is 0 Å². The maximum atomic E-state index is 12.1. The first-order chi connectivity index (χ1) is 13.9. The van der Waals surface area contributed by atoms with Crippen LogP contribution in [0.3, 0.4) is 0 Å². The van der Waals surface area contributed by atoms with Crippen molar-refractivity contribution in [2.75, 3.05) is 31.2 Å². The van der Waals surface area contributed by atoms with Crippen LogP contribution in [0.1, 0.15) is 55.6 Å². The average molecular weight is 417 g/mol. The van der Waals surface area contributed by atoms with Gasteiger partial charge in [0, 0.05) is 30.6 Å². The van der Waals surface area contributed by atoms with Gasteiger partial charge in [-0.2, -0.15) is 0 Å². The number of amides is 1. The number of nitrogens with one attached hydrogen (secondary N) is 1. The van der Waals surface area contributed by atoms with Gasteiger partial charge in [-0.3, -0.25) is 4.79 Å². The third-order valence-corrected chi connectivity index (χ3v) is 5.81. The van der Waals surface area contributed by atoms with Crippen molar-refractivity contribution < 1.29 is 13.9 Å². The summed E-state index contributed by atoms with van der Waals surface area (Å²) in [5.74, 6) is 2.50. The molecule has 1 aliphatic heterocycles. The quantitative estimate of drug-likeness (QED) is 0.571. The van der Waals surface area contributed by atoms with Gasteiger partial charge in [-0.15, -0.1) is 0 Å². The van der Waals surface area contributed by atoms with Crippen molar-refractivity contribution in [2.24, 2.45) is 0 Å². The second kappa shape index (κ2) is 8.36. The Labute approximate surface area is 175 Å². The van der Waals surface area contributed by atoms with Gasteiger partial charge in [-0.25, -0.2) is 9.97 Å². The van der Waals surface area contributed by atoms with Crippen molar-refractivity contribution in [3.63, 3.8) is 0 Å². The predicted octanol–water partition coefficient (Wildman–Crippen LogP) is 3.39. The van der Waals surface area contributed by atoms with Crippen LogP contribution in [0.25, 0.3) is 0 Å². The van der Waals surface area contributed by atoms with Crippen molar-refractivity contribution in [2.45, 2.75) is 56.0 Å². The molecule has 156 valence electrons. The first-order valence-electron chi connectivity index (χ1n) is 10.1. The molecule has 0 atom stereocenters. The first kappa shape index (κ1) is 20.2. The second-order valence-electron chi connectivity index (χ2n) is 8.55. The van der Waals surface area contributed by atoms with Crippen LogP contribution in [0.5, 0.6) is 0 Å². The fourth-order valence-corrected chi connectivity index (χ4v) is 3.76. The maximum Gasteiger partial charge on any atom is 0.287 e. The van der Waals surface area contributed by atoms with E-state index in [-0.39, 0.29) is 11.3 Å². The third kappa shape index (κ3) is 5.30. The minimum atomic E-state index is -0.135. The molecule has 8 heteroatoms. The van der Waals surface area contributed by atoms with Gasteiger partial charge in [0.05, 0.1) is 24.7 Å². The molecule has 2 aromatic heterocycles. The third-order valence-electron chi connectivity index (χ3n) is 4.94. The lowest BCUT2D eigenvalue weighted by Crippen LogP contribution is -2.37. The van der Waals surface area contributed by atoms with Crippen LogP contribution < -0.4 is 10.2 Å². The monoisotopic (exact) mass is 416 g/mol. The van der Waals surface area contributed by atoms with Crippen molar-refractivity contribution in [1.29, 1.82) is 0 Å². The average Bonchev–Trinajstić information content (AvgIpc) is 3.39. The van der Waals surface area contributed by atoms with Gasteiger partial charge in [-0.05, 0) is 25.0 Å². The van der Waals surface area contributed by atoms with Gasteiger partial charge in [0.25, 0.3) is 5.91 Å². The number of anilines is 1. The van der Waals surface area contributed by atoms with Gasteiger partial charge in [0.2, 0.25) is 0 Å². The maximum absolute atomic E-state index is 12.1. The second-order valence-corrected chi connectivity index (χ2v) is 9.49. The van der Waals surface area contributed by atoms with E-state index in [0.29, 0.717) is 17.6 Å². The van der Waals surface area contributed by atoms with Crippen molar-refractivity contribution in [3.8, 4) is 0 Å². The normalized spacial score (nSPS) is 17.4. The summed E-state index contributed by atoms with van der Waals surface area (Å²) in [7, 11) is 0. The van der Waals surface area contributed by atoms with Crippen LogP contribution in [-0.4, -0.2) is 48.2 Å². The Bertz CT molecular complexity index is 867. The standard InChI is InChI=1S/C21H28N4O3S/c1-21(2,3)17-12-18(25-8-10-27-11-9-25)24-20(23-17)29-13-15-6-7-16(28-15)19(26)22-14-4-5-14/h6-7,12,14H,4-5,8-11,13H2,1-3H3,(H,22,26). The zero-order valence-corrected chi connectivity index (χ0v) is 18.1. The molecule has 7 nitrogen and oxygen atoms in total. The SMILES string of the molecule is CC(C)(C)c1cc(N2CCOCC2)nc(SCc2ccc(C(=O)NC3CC3)o2)n1. The van der Waals surface area contributed by atoms with Gasteiger partial charge < -0.3 is 19.4 Å². The highest BCUT2D eigenvalue weighted by atomic mass is 32.2. The van der Waals surface area contributed by atoms with E-state index in [9.17, 15) is 4.79 Å². The zero-order valence-electron chi connectivity index (χ0n) is 17.2. The first-order valence-corrected chi connectivity index (χ1v) is 11.1. The van der Waals surface area contributed by atoms with E-state index < -0.39 is 0 Å². The molecule has 1 saturated heterocycles. The molecule has 2 aromatic rings. The lowest BCUT2D eigenvalue weighted by molar-refractivity contribution is 0.0922. The summed E-state index contributed by atoms with van der Waals surface area (Å²) in [5, 5.41) is 3.67. The van der Waals surface area contributed by atoms with Crippen LogP contribution in [0.2, 0.25) is 0 Å². The molecule has 0 spiro atoms. The summed E-state index contributed by atoms with van der Waals surface area (Å²) in [6.45, 7) is 9.58. The number of thioether (sulfide) groups is 1. The molecule has 1 amide bonds. The molecule has 1 saturated carbocycles. The Morgan fingerprint density at radius 1 is 1.24 bits per heavy atom. The Morgan fingerprint density at radius 2 is 2.00 bits per heavy atom. The molecule has 0 radical (unpaired) electrons. The Balaban J connectivity index is 1.47. The van der Waals surface area contributed by atoms with Crippen molar-refractivity contribution in [1.82, 2.24) is 15.3 Å². The van der Waals surface area contributed by atoms with Crippen LogP contribution in [-0.2, 0) is 15.9 Å². The van der Waals surface area contributed by atoms with Gasteiger partial charge in [0.15, 0.2) is 10.9 Å². The summed E-state index contributed by atoms with van der Waals surface area (Å²) >= 11 is 1.53. The predicted molar refractivity (Wildman–Crippen MR) is 113 cm³/mol. The van der Waals surface area contributed by atoms with Crippen LogP contribution in [0.15, 0.2) is 27.8 Å². The van der Waals surface area contributed by atoms with Crippen molar-refractivity contribution >= 4 is 23.5 Å². The summed E-state index contributed by atoms with van der Waals surface area (Å²) in [5.41, 5.74) is 0.943. The highest BCUT2D eigenvalue weighted by Crippen LogP contribution is 2.29. The molecular weight excluding hydrogens is 388 g/mol. The molecule has 0 unspecified atom stereocenters. The van der Waals surface area contributed by atoms with E-state index in [2.05, 4.69) is 37.1 Å². The van der Waals surface area contributed by atoms with Gasteiger partial charge in [-0.1, -0.05) is 32.5 Å². The number of ether oxygens (including phenoxy) is 1. The highest BCUT2D eigenvalue weighted by Gasteiger charge is 2.25. The molecule has 0 bridgehead atoms. The van der Waals surface area contributed by atoms with Crippen LogP contribution in [0, 0.1) is 0 Å². The Hall–Kier alpha value is -2.06. The van der Waals surface area contributed by atoms with E-state index in [0.717, 1.165) is 61.6 Å². The number of rotatable bonds is 6. The topological polar surface area (TPSA) is 80.5 Å². The van der Waals surface area contributed by atoms with Crippen LogP contribution in [0.4, 0.5) is 5.82 Å². The number of carbonyl (C=O) groups excluding carboxylic acids is 1. The minimum absolute atomic E-state index is 0.0714. The smallest absolute Gasteiger partial charge is 0.287 e. The summed E-state index contributed by atoms with van der Waals surface area (Å²) in [6.07, 6.45) is 2.12. The molecule has 2 aliphatic rings. The lowest BCUT2D eigenvalue weighted by atomic mass is 9.92. The number of carbonyl (C=O) groups is 1. The van der Waals surface area contributed by atoms with E-state index in [4.69, 9.17) is 19.1 Å². The number of aromatic nitrogens is 2. The van der Waals surface area contributed by atoms with Gasteiger partial charge in [0.1, 0.15) is 11.6 Å². The Kier molecular flexibility index (Phi) is 5.83. The summed E-state index contributed by atoms with van der Waals surface area (Å²) in [4.78, 5) is 23.9. The molecule has 29 heavy (non-hydrogen) atoms. The molecule has 3 heterocycles. The van der Waals surface area contributed by atoms with Crippen LogP contribution >= 0.6 is 11.8 Å². The zero-order chi connectivity index (χ0) is 20.4. The largest absolute Gasteiger partial charge is 0.455 e. The van der Waals surface area contributed by atoms with Crippen molar-refractivity contribution in [3.05, 3.63) is 35.4 Å². The minimum Gasteiger partial charge on any atom is -0.455 e. The Morgan fingerprint density at radius 3 is 2.69 bits per heavy atom. The fourth-order valence-electron chi connectivity index (χ4n) is 3.01. The number of hydrogen-bond acceptors (Lipinski definition) is 7. The molecular formula is C21H28N4O3S. The summed E-state index contributed by atoms with van der Waals surface area (Å²) < 4.78 is 11.2. The highest BCUT2D eigenvalue weighted by molar-refractivity contribution is 7.98. The van der Waals surface area contributed by atoms with E-state index in [1.165, 1.54) is 11.8 Å². The van der Waals surface area contributed by atoms with E-state index in [1.54, 1.807) is 6.07 Å². The lowest BCUT2D eigenvalue weighted by Gasteiger charge is -2.29. The molecule has 0 aromatic carbocycles. The number of nitrogens with zero attached hydrogens (tertiary/aromatic N) is 3. The molecule has 1 N–H and O–H groups in total. The summed E-state index contributed by atoms with van der Waals surface area (Å²) in [6, 6.07) is 5.99. The number of morpholine rings is 1. The molecule has 4 rings (SSSR count). The van der Waals surface area contributed by atoms with E-state index in [1.807, 2.05) is 6.07 Å². The molecule has 2 fully saturated rings. The fraction of sp³-hybridized carbons (Fsp3) is 0.571. The number of furan rings is 1. The van der Waals surface area contributed by atoms with E-state index >= 15 is 0 Å². The number of hydrogen-bond donors (Lipinski definition) is 1.